The van der Waals surface area contributed by atoms with Crippen LogP contribution in [0.2, 0.25) is 0 Å². The molecule has 0 amide bonds. The average molecular weight is 212 g/mol. The summed E-state index contributed by atoms with van der Waals surface area (Å²) in [6.07, 6.45) is 3.72. The minimum atomic E-state index is 0.127. The molecule has 0 aliphatic heterocycles. The van der Waals surface area contributed by atoms with Crippen LogP contribution in [0, 0.1) is 0 Å². The lowest BCUT2D eigenvalue weighted by molar-refractivity contribution is 0.445. The van der Waals surface area contributed by atoms with E-state index in [2.05, 4.69) is 24.2 Å². The van der Waals surface area contributed by atoms with E-state index in [-0.39, 0.29) is 6.04 Å². The highest BCUT2D eigenvalue weighted by molar-refractivity contribution is 5.77. The Kier molecular flexibility index (Phi) is 2.03. The van der Waals surface area contributed by atoms with Crippen molar-refractivity contribution in [2.24, 2.45) is 0 Å². The zero-order valence-corrected chi connectivity index (χ0v) is 9.00. The highest BCUT2D eigenvalue weighted by atomic mass is 16.3. The SMILES string of the molecule is CC(c1cc2ccccc2o1)n1cccn1. The van der Waals surface area contributed by atoms with Gasteiger partial charge in [0, 0.05) is 17.8 Å². The zero-order valence-electron chi connectivity index (χ0n) is 9.00. The largest absolute Gasteiger partial charge is 0.459 e. The van der Waals surface area contributed by atoms with Crippen molar-refractivity contribution in [2.45, 2.75) is 13.0 Å². The summed E-state index contributed by atoms with van der Waals surface area (Å²) in [4.78, 5) is 0. The Morgan fingerprint density at radius 2 is 2.12 bits per heavy atom. The minimum Gasteiger partial charge on any atom is -0.459 e. The van der Waals surface area contributed by atoms with Crippen LogP contribution in [0.4, 0.5) is 0 Å². The summed E-state index contributed by atoms with van der Waals surface area (Å²) in [6, 6.07) is 12.1. The molecule has 3 nitrogen and oxygen atoms in total. The first-order valence-electron chi connectivity index (χ1n) is 5.32. The molecule has 16 heavy (non-hydrogen) atoms. The van der Waals surface area contributed by atoms with Crippen molar-refractivity contribution in [2.75, 3.05) is 0 Å². The highest BCUT2D eigenvalue weighted by Crippen LogP contribution is 2.25. The van der Waals surface area contributed by atoms with Gasteiger partial charge in [0.2, 0.25) is 0 Å². The number of furan rings is 1. The van der Waals surface area contributed by atoms with E-state index in [1.165, 1.54) is 0 Å². The van der Waals surface area contributed by atoms with Crippen molar-refractivity contribution in [1.29, 1.82) is 0 Å². The monoisotopic (exact) mass is 212 g/mol. The van der Waals surface area contributed by atoms with E-state index >= 15 is 0 Å². The van der Waals surface area contributed by atoms with Crippen LogP contribution in [-0.2, 0) is 0 Å². The Hall–Kier alpha value is -2.03. The number of aromatic nitrogens is 2. The Bertz CT molecular complexity index is 562. The van der Waals surface area contributed by atoms with E-state index < -0.39 is 0 Å². The van der Waals surface area contributed by atoms with Crippen LogP contribution < -0.4 is 0 Å². The van der Waals surface area contributed by atoms with E-state index in [1.54, 1.807) is 6.20 Å². The summed E-state index contributed by atoms with van der Waals surface area (Å²) >= 11 is 0. The minimum absolute atomic E-state index is 0.127. The quantitative estimate of drug-likeness (QED) is 0.653. The molecule has 80 valence electrons. The van der Waals surface area contributed by atoms with Crippen molar-refractivity contribution in [3.63, 3.8) is 0 Å². The molecule has 2 aromatic heterocycles. The average Bonchev–Trinajstić information content (AvgIpc) is 2.97. The number of hydrogen-bond donors (Lipinski definition) is 0. The smallest absolute Gasteiger partial charge is 0.134 e. The first-order valence-corrected chi connectivity index (χ1v) is 5.32. The van der Waals surface area contributed by atoms with E-state index in [0.29, 0.717) is 0 Å². The second-order valence-electron chi connectivity index (χ2n) is 3.85. The summed E-state index contributed by atoms with van der Waals surface area (Å²) in [5.74, 6) is 0.935. The molecule has 0 N–H and O–H groups in total. The van der Waals surface area contributed by atoms with E-state index in [4.69, 9.17) is 4.42 Å². The Labute approximate surface area is 93.3 Å². The van der Waals surface area contributed by atoms with Gasteiger partial charge in [-0.25, -0.2) is 0 Å². The highest BCUT2D eigenvalue weighted by Gasteiger charge is 2.12. The van der Waals surface area contributed by atoms with Crippen molar-refractivity contribution < 1.29 is 4.42 Å². The molecule has 1 unspecified atom stereocenters. The molecule has 1 atom stereocenters. The molecule has 0 bridgehead atoms. The van der Waals surface area contributed by atoms with Crippen molar-refractivity contribution in [3.05, 3.63) is 54.6 Å². The maximum atomic E-state index is 5.79. The fraction of sp³-hybridized carbons (Fsp3) is 0.154. The van der Waals surface area contributed by atoms with Gasteiger partial charge in [0.25, 0.3) is 0 Å². The second-order valence-corrected chi connectivity index (χ2v) is 3.85. The molecule has 0 spiro atoms. The molecule has 1 aromatic carbocycles. The van der Waals surface area contributed by atoms with Crippen molar-refractivity contribution in [1.82, 2.24) is 9.78 Å². The molecule has 2 heterocycles. The molecule has 0 saturated heterocycles. The Balaban J connectivity index is 2.06. The molecule has 0 aliphatic carbocycles. The number of benzene rings is 1. The number of fused-ring (bicyclic) bond motifs is 1. The molecule has 0 saturated carbocycles. The topological polar surface area (TPSA) is 31.0 Å². The first kappa shape index (κ1) is 9.21. The lowest BCUT2D eigenvalue weighted by Crippen LogP contribution is -2.05. The van der Waals surface area contributed by atoms with Crippen LogP contribution in [0.1, 0.15) is 18.7 Å². The number of para-hydroxylation sites is 1. The molecular formula is C13H12N2O. The molecular weight excluding hydrogens is 200 g/mol. The fourth-order valence-corrected chi connectivity index (χ4v) is 1.85. The predicted molar refractivity (Wildman–Crippen MR) is 62.3 cm³/mol. The van der Waals surface area contributed by atoms with E-state index in [1.807, 2.05) is 35.1 Å². The van der Waals surface area contributed by atoms with Crippen LogP contribution in [0.25, 0.3) is 11.0 Å². The third kappa shape index (κ3) is 1.41. The van der Waals surface area contributed by atoms with Crippen molar-refractivity contribution in [3.8, 4) is 0 Å². The molecule has 3 aromatic rings. The summed E-state index contributed by atoms with van der Waals surface area (Å²) in [5, 5.41) is 5.36. The first-order chi connectivity index (χ1) is 7.84. The van der Waals surface area contributed by atoms with E-state index in [9.17, 15) is 0 Å². The summed E-state index contributed by atoms with van der Waals surface area (Å²) < 4.78 is 7.68. The van der Waals surface area contributed by atoms with Gasteiger partial charge in [0.05, 0.1) is 0 Å². The third-order valence-electron chi connectivity index (χ3n) is 2.78. The Morgan fingerprint density at radius 1 is 1.25 bits per heavy atom. The summed E-state index contributed by atoms with van der Waals surface area (Å²) in [6.45, 7) is 2.07. The van der Waals surface area contributed by atoms with Gasteiger partial charge in [-0.15, -0.1) is 0 Å². The van der Waals surface area contributed by atoms with Gasteiger partial charge in [0.1, 0.15) is 17.4 Å². The standard InChI is InChI=1S/C13H12N2O/c1-10(15-8-4-7-14-15)13-9-11-5-2-3-6-12(11)16-13/h2-10H,1H3. The molecule has 0 fully saturated rings. The number of nitrogens with zero attached hydrogens (tertiary/aromatic N) is 2. The predicted octanol–water partition coefficient (Wildman–Crippen LogP) is 3.24. The van der Waals surface area contributed by atoms with E-state index in [0.717, 1.165) is 16.7 Å². The maximum absolute atomic E-state index is 5.79. The third-order valence-corrected chi connectivity index (χ3v) is 2.78. The van der Waals surface area contributed by atoms with Crippen LogP contribution in [0.3, 0.4) is 0 Å². The molecule has 3 heteroatoms. The van der Waals surface area contributed by atoms with Crippen molar-refractivity contribution >= 4 is 11.0 Å². The zero-order chi connectivity index (χ0) is 11.0. The number of hydrogen-bond acceptors (Lipinski definition) is 2. The van der Waals surface area contributed by atoms with Gasteiger partial charge in [-0.2, -0.15) is 5.10 Å². The molecule has 3 rings (SSSR count). The molecule has 0 aliphatic rings. The van der Waals surface area contributed by atoms with Gasteiger partial charge in [-0.05, 0) is 25.1 Å². The fourth-order valence-electron chi connectivity index (χ4n) is 1.85. The van der Waals surface area contributed by atoms with Crippen LogP contribution in [0.15, 0.2) is 53.2 Å². The van der Waals surface area contributed by atoms with Gasteiger partial charge in [-0.1, -0.05) is 18.2 Å². The maximum Gasteiger partial charge on any atom is 0.134 e. The second kappa shape index (κ2) is 3.52. The van der Waals surface area contributed by atoms with Gasteiger partial charge in [-0.3, -0.25) is 4.68 Å². The van der Waals surface area contributed by atoms with Crippen LogP contribution in [-0.4, -0.2) is 9.78 Å². The molecule has 0 radical (unpaired) electrons. The van der Waals surface area contributed by atoms with Crippen LogP contribution in [0.5, 0.6) is 0 Å². The lowest BCUT2D eigenvalue weighted by Gasteiger charge is -2.07. The van der Waals surface area contributed by atoms with Gasteiger partial charge < -0.3 is 4.42 Å². The van der Waals surface area contributed by atoms with Gasteiger partial charge in [0.15, 0.2) is 0 Å². The number of rotatable bonds is 2. The summed E-state index contributed by atoms with van der Waals surface area (Å²) in [5.41, 5.74) is 0.927. The van der Waals surface area contributed by atoms with Gasteiger partial charge >= 0.3 is 0 Å². The lowest BCUT2D eigenvalue weighted by atomic mass is 10.2. The Morgan fingerprint density at radius 3 is 2.88 bits per heavy atom. The summed E-state index contributed by atoms with van der Waals surface area (Å²) in [7, 11) is 0. The normalized spacial score (nSPS) is 13.1. The van der Waals surface area contributed by atoms with Crippen LogP contribution >= 0.6 is 0 Å².